The Kier molecular flexibility index (Phi) is 6.77. The molecular weight excluding hydrogens is 471 g/mol. The molecule has 0 atom stereocenters. The van der Waals surface area contributed by atoms with Crippen LogP contribution in [-0.2, 0) is 11.3 Å². The zero-order chi connectivity index (χ0) is 20.6. The molecule has 1 amide bonds. The lowest BCUT2D eigenvalue weighted by Gasteiger charge is -2.36. The average molecular weight is 497 g/mol. The van der Waals surface area contributed by atoms with Crippen LogP contribution in [-0.4, -0.2) is 54.7 Å². The fourth-order valence-electron chi connectivity index (χ4n) is 3.11. The second kappa shape index (κ2) is 8.18. The number of halogens is 4. The molecule has 0 spiro atoms. The van der Waals surface area contributed by atoms with Crippen molar-refractivity contribution in [2.45, 2.75) is 46.8 Å². The average Bonchev–Trinajstić information content (AvgIpc) is 2.53. The fraction of sp³-hybridized carbons (Fsp3) is 0.611. The molecule has 152 valence electrons. The third-order valence-electron chi connectivity index (χ3n) is 4.67. The number of carbonyl (C=O) groups is 1. The number of ether oxygens (including phenoxy) is 1. The highest BCUT2D eigenvalue weighted by molar-refractivity contribution is 14.1. The number of hydrogen-bond acceptors (Lipinski definition) is 3. The summed E-state index contributed by atoms with van der Waals surface area (Å²) in [6, 6.07) is 1.30. The molecule has 1 fully saturated rings. The van der Waals surface area contributed by atoms with Gasteiger partial charge in [0.05, 0.1) is 0 Å². The first kappa shape index (κ1) is 22.3. The highest BCUT2D eigenvalue weighted by atomic mass is 127. The predicted octanol–water partition coefficient (Wildman–Crippen LogP) is 4.02. The maximum atomic E-state index is 13.4. The van der Waals surface area contributed by atoms with Crippen molar-refractivity contribution >= 4 is 41.1 Å². The minimum Gasteiger partial charge on any atom is -0.445 e. The largest absolute Gasteiger partial charge is 0.509 e. The van der Waals surface area contributed by atoms with Crippen LogP contribution in [0, 0.1) is 17.4 Å². The minimum atomic E-state index is -5.04. The molecule has 1 aromatic carbocycles. The van der Waals surface area contributed by atoms with Crippen LogP contribution >= 0.6 is 22.6 Å². The lowest BCUT2D eigenvalue weighted by Crippen LogP contribution is -2.49. The van der Waals surface area contributed by atoms with Crippen LogP contribution in [0.4, 0.5) is 17.7 Å². The topological polar surface area (TPSA) is 32.8 Å². The van der Waals surface area contributed by atoms with Gasteiger partial charge in [0.1, 0.15) is 5.60 Å². The van der Waals surface area contributed by atoms with Crippen molar-refractivity contribution in [3.05, 3.63) is 26.3 Å². The molecule has 1 aromatic rings. The Hall–Kier alpha value is -0.965. The highest BCUT2D eigenvalue weighted by Gasteiger charge is 2.30. The first-order valence-corrected chi connectivity index (χ1v) is 10.1. The maximum absolute atomic E-state index is 13.4. The number of nitrogens with zero attached hydrogens (tertiary/aromatic N) is 2. The van der Waals surface area contributed by atoms with Crippen molar-refractivity contribution in [3.8, 4) is 0 Å². The number of rotatable bonds is 3. The molecular formula is C18H26BF3IN2O2-. The molecule has 0 unspecified atom stereocenters. The third kappa shape index (κ3) is 5.76. The van der Waals surface area contributed by atoms with Gasteiger partial charge in [-0.05, 0) is 68.3 Å². The summed E-state index contributed by atoms with van der Waals surface area (Å²) in [5.41, 5.74) is 0.850. The smallest absolute Gasteiger partial charge is 0.445 e. The molecule has 1 aliphatic rings. The van der Waals surface area contributed by atoms with E-state index in [1.165, 1.54) is 13.0 Å². The molecule has 0 saturated carbocycles. The normalized spacial score (nSPS) is 16.6. The summed E-state index contributed by atoms with van der Waals surface area (Å²) in [7, 11) is 0. The number of hydrogen-bond donors (Lipinski definition) is 0. The van der Waals surface area contributed by atoms with Crippen LogP contribution in [0.1, 0.15) is 37.5 Å². The minimum absolute atomic E-state index is 0.305. The van der Waals surface area contributed by atoms with E-state index >= 15 is 0 Å². The number of carbonyl (C=O) groups excluding carboxylic acids is 1. The van der Waals surface area contributed by atoms with E-state index in [0.29, 0.717) is 47.4 Å². The molecule has 0 radical (unpaired) electrons. The highest BCUT2D eigenvalue weighted by Crippen LogP contribution is 2.24. The van der Waals surface area contributed by atoms with Gasteiger partial charge in [-0.2, -0.15) is 0 Å². The molecule has 0 N–H and O–H groups in total. The zero-order valence-corrected chi connectivity index (χ0v) is 18.6. The summed E-state index contributed by atoms with van der Waals surface area (Å²) in [6.45, 7) is 6.50. The Labute approximate surface area is 172 Å². The van der Waals surface area contributed by atoms with Crippen LogP contribution in [0.25, 0.3) is 0 Å². The van der Waals surface area contributed by atoms with Crippen LogP contribution < -0.4 is 5.46 Å². The van der Waals surface area contributed by atoms with Gasteiger partial charge < -0.3 is 22.6 Å². The Morgan fingerprint density at radius 3 is 2.19 bits per heavy atom. The van der Waals surface area contributed by atoms with E-state index in [4.69, 9.17) is 4.74 Å². The Morgan fingerprint density at radius 2 is 1.70 bits per heavy atom. The van der Waals surface area contributed by atoms with Gasteiger partial charge in [-0.3, -0.25) is 4.90 Å². The van der Waals surface area contributed by atoms with Gasteiger partial charge >= 0.3 is 13.1 Å². The second-order valence-corrected chi connectivity index (χ2v) is 9.09. The number of piperazine rings is 1. The second-order valence-electron chi connectivity index (χ2n) is 8.01. The first-order chi connectivity index (χ1) is 12.3. The lowest BCUT2D eigenvalue weighted by molar-refractivity contribution is 0.0139. The van der Waals surface area contributed by atoms with Crippen molar-refractivity contribution < 1.29 is 22.5 Å². The van der Waals surface area contributed by atoms with Crippen molar-refractivity contribution in [2.75, 3.05) is 26.2 Å². The van der Waals surface area contributed by atoms with Crippen LogP contribution in [0.5, 0.6) is 0 Å². The van der Waals surface area contributed by atoms with Gasteiger partial charge in [0.25, 0.3) is 0 Å². The van der Waals surface area contributed by atoms with E-state index in [2.05, 4.69) is 4.90 Å². The maximum Gasteiger partial charge on any atom is 0.509 e. The van der Waals surface area contributed by atoms with E-state index in [-0.39, 0.29) is 6.09 Å². The molecule has 0 aliphatic carbocycles. The van der Waals surface area contributed by atoms with Gasteiger partial charge in [-0.15, -0.1) is 5.46 Å². The molecule has 2 rings (SSSR count). The van der Waals surface area contributed by atoms with Crippen LogP contribution in [0.2, 0.25) is 0 Å². The predicted molar refractivity (Wildman–Crippen MR) is 110 cm³/mol. The van der Waals surface area contributed by atoms with Gasteiger partial charge in [0, 0.05) is 36.3 Å². The van der Waals surface area contributed by atoms with Gasteiger partial charge in [0.15, 0.2) is 0 Å². The van der Waals surface area contributed by atoms with Crippen LogP contribution in [0.3, 0.4) is 0 Å². The van der Waals surface area contributed by atoms with E-state index in [1.807, 2.05) is 50.3 Å². The molecule has 1 heterocycles. The fourth-order valence-corrected chi connectivity index (χ4v) is 3.77. The standard InChI is InChI=1S/C18H26BF3IN2O2/c1-12-14(10-15(19(20,21)22)13(2)16(12)23)11-24-6-8-25(9-7-24)17(26)27-18(3,4)5/h10H,6-9,11H2,1-5H3/q-1. The van der Waals surface area contributed by atoms with Gasteiger partial charge in [-0.25, -0.2) is 4.79 Å². The van der Waals surface area contributed by atoms with Gasteiger partial charge in [0.2, 0.25) is 0 Å². The molecule has 4 nitrogen and oxygen atoms in total. The lowest BCUT2D eigenvalue weighted by atomic mass is 9.75. The molecule has 0 aromatic heterocycles. The summed E-state index contributed by atoms with van der Waals surface area (Å²) in [5.74, 6) is 0. The Balaban J connectivity index is 2.07. The number of amides is 1. The van der Waals surface area contributed by atoms with Crippen LogP contribution in [0.15, 0.2) is 6.07 Å². The quantitative estimate of drug-likeness (QED) is 0.468. The summed E-state index contributed by atoms with van der Waals surface area (Å²) in [4.78, 5) is 15.9. The summed E-state index contributed by atoms with van der Waals surface area (Å²) in [6.07, 6.45) is -0.342. The SMILES string of the molecule is Cc1c(CN2CCN(C(=O)OC(C)(C)C)CC2)cc([B-](F)(F)F)c(C)c1I. The van der Waals surface area contributed by atoms with Crippen molar-refractivity contribution in [2.24, 2.45) is 0 Å². The van der Waals surface area contributed by atoms with Crippen molar-refractivity contribution in [3.63, 3.8) is 0 Å². The molecule has 27 heavy (non-hydrogen) atoms. The first-order valence-electron chi connectivity index (χ1n) is 8.98. The molecule has 1 aliphatic heterocycles. The van der Waals surface area contributed by atoms with E-state index < -0.39 is 18.0 Å². The summed E-state index contributed by atoms with van der Waals surface area (Å²) < 4.78 is 46.2. The van der Waals surface area contributed by atoms with E-state index in [9.17, 15) is 17.7 Å². The van der Waals surface area contributed by atoms with E-state index in [1.54, 1.807) is 4.90 Å². The molecule has 1 saturated heterocycles. The summed E-state index contributed by atoms with van der Waals surface area (Å²) in [5, 5.41) is 0. The molecule has 9 heteroatoms. The Morgan fingerprint density at radius 1 is 1.15 bits per heavy atom. The van der Waals surface area contributed by atoms with Gasteiger partial charge in [-0.1, -0.05) is 11.6 Å². The zero-order valence-electron chi connectivity index (χ0n) is 16.4. The molecule has 0 bridgehead atoms. The monoisotopic (exact) mass is 497 g/mol. The van der Waals surface area contributed by atoms with E-state index in [0.717, 1.165) is 5.56 Å². The number of benzene rings is 1. The van der Waals surface area contributed by atoms with Crippen molar-refractivity contribution in [1.82, 2.24) is 9.80 Å². The Bertz CT molecular complexity index is 712. The third-order valence-corrected chi connectivity index (χ3v) is 6.29. The van der Waals surface area contributed by atoms with Crippen molar-refractivity contribution in [1.29, 1.82) is 0 Å². The summed E-state index contributed by atoms with van der Waals surface area (Å²) >= 11 is 2.00.